The number of imidazole rings is 1. The molecule has 84 valence electrons. The van der Waals surface area contributed by atoms with Gasteiger partial charge in [-0.15, -0.1) is 0 Å². The van der Waals surface area contributed by atoms with Crippen molar-refractivity contribution in [2.45, 2.75) is 19.3 Å². The summed E-state index contributed by atoms with van der Waals surface area (Å²) >= 11 is 3.45. The van der Waals surface area contributed by atoms with Crippen LogP contribution in [0.15, 0.2) is 23.2 Å². The van der Waals surface area contributed by atoms with Crippen LogP contribution in [0.3, 0.4) is 0 Å². The van der Waals surface area contributed by atoms with Gasteiger partial charge >= 0.3 is 0 Å². The van der Waals surface area contributed by atoms with E-state index in [4.69, 9.17) is 0 Å². The summed E-state index contributed by atoms with van der Waals surface area (Å²) in [7, 11) is 0. The fourth-order valence-corrected chi connectivity index (χ4v) is 2.59. The zero-order valence-corrected chi connectivity index (χ0v) is 10.5. The summed E-state index contributed by atoms with van der Waals surface area (Å²) in [6.07, 6.45) is 9.54. The first-order valence-corrected chi connectivity index (χ1v) is 6.38. The molecule has 0 bridgehead atoms. The monoisotopic (exact) mass is 280 g/mol. The summed E-state index contributed by atoms with van der Waals surface area (Å²) in [6.45, 7) is 2.18. The van der Waals surface area contributed by atoms with Gasteiger partial charge in [-0.2, -0.15) is 0 Å². The van der Waals surface area contributed by atoms with E-state index in [0.29, 0.717) is 0 Å². The predicted molar refractivity (Wildman–Crippen MR) is 66.8 cm³/mol. The predicted octanol–water partition coefficient (Wildman–Crippen LogP) is 2.48. The molecule has 0 N–H and O–H groups in total. The van der Waals surface area contributed by atoms with E-state index in [1.807, 2.05) is 23.0 Å². The summed E-state index contributed by atoms with van der Waals surface area (Å²) in [5.41, 5.74) is 0.949. The number of rotatable bonds is 1. The number of piperidine rings is 1. The van der Waals surface area contributed by atoms with Gasteiger partial charge in [0.15, 0.2) is 11.5 Å². The maximum Gasteiger partial charge on any atom is 0.180 e. The fraction of sp³-hybridized carbons (Fsp3) is 0.455. The standard InChI is InChI=1S/C11H13BrN4/c12-9-8-16-7-4-13-10(16)11(14-9)15-5-2-1-3-6-15/h4,7-8H,1-3,5-6H2. The number of hydrogen-bond donors (Lipinski definition) is 0. The van der Waals surface area contributed by atoms with Gasteiger partial charge in [0.25, 0.3) is 0 Å². The molecule has 1 aliphatic heterocycles. The normalized spacial score (nSPS) is 16.9. The van der Waals surface area contributed by atoms with E-state index in [0.717, 1.165) is 29.2 Å². The Kier molecular flexibility index (Phi) is 2.55. The van der Waals surface area contributed by atoms with E-state index in [-0.39, 0.29) is 0 Å². The average Bonchev–Trinajstić information content (AvgIpc) is 2.77. The van der Waals surface area contributed by atoms with Gasteiger partial charge in [-0.3, -0.25) is 0 Å². The molecule has 3 heterocycles. The van der Waals surface area contributed by atoms with Gasteiger partial charge in [-0.1, -0.05) is 0 Å². The summed E-state index contributed by atoms with van der Waals surface area (Å²) in [5.74, 6) is 0.999. The van der Waals surface area contributed by atoms with Crippen molar-refractivity contribution in [2.75, 3.05) is 18.0 Å². The molecule has 3 rings (SSSR count). The van der Waals surface area contributed by atoms with Crippen molar-refractivity contribution in [3.63, 3.8) is 0 Å². The average molecular weight is 281 g/mol. The Bertz CT molecular complexity index is 502. The van der Waals surface area contributed by atoms with Crippen LogP contribution in [0, 0.1) is 0 Å². The lowest BCUT2D eigenvalue weighted by molar-refractivity contribution is 0.573. The number of nitrogens with zero attached hydrogens (tertiary/aromatic N) is 4. The molecule has 0 atom stereocenters. The van der Waals surface area contributed by atoms with Crippen LogP contribution in [0.1, 0.15) is 19.3 Å². The quantitative estimate of drug-likeness (QED) is 0.805. The first kappa shape index (κ1) is 10.1. The van der Waals surface area contributed by atoms with Crippen molar-refractivity contribution in [2.24, 2.45) is 0 Å². The third kappa shape index (κ3) is 1.69. The Hall–Kier alpha value is -1.10. The molecule has 0 radical (unpaired) electrons. The molecule has 5 heteroatoms. The molecular weight excluding hydrogens is 268 g/mol. The number of halogens is 1. The van der Waals surface area contributed by atoms with Gasteiger partial charge < -0.3 is 9.30 Å². The van der Waals surface area contributed by atoms with Gasteiger partial charge in [0, 0.05) is 31.7 Å². The molecule has 0 saturated carbocycles. The van der Waals surface area contributed by atoms with Crippen molar-refractivity contribution in [3.8, 4) is 0 Å². The fourth-order valence-electron chi connectivity index (χ4n) is 2.20. The zero-order valence-electron chi connectivity index (χ0n) is 8.93. The second-order valence-electron chi connectivity index (χ2n) is 4.09. The minimum absolute atomic E-state index is 0.860. The van der Waals surface area contributed by atoms with Crippen molar-refractivity contribution in [1.29, 1.82) is 0 Å². The van der Waals surface area contributed by atoms with E-state index in [9.17, 15) is 0 Å². The minimum Gasteiger partial charge on any atom is -0.353 e. The SMILES string of the molecule is Brc1cn2ccnc2c(N2CCCCC2)n1. The van der Waals surface area contributed by atoms with Crippen LogP contribution in [0.2, 0.25) is 0 Å². The maximum atomic E-state index is 4.56. The minimum atomic E-state index is 0.860. The third-order valence-electron chi connectivity index (χ3n) is 2.98. The maximum absolute atomic E-state index is 4.56. The van der Waals surface area contributed by atoms with Crippen LogP contribution < -0.4 is 4.90 Å². The molecule has 0 spiro atoms. The number of aromatic nitrogens is 3. The van der Waals surface area contributed by atoms with Crippen molar-refractivity contribution < 1.29 is 0 Å². The Morgan fingerprint density at radius 2 is 2.00 bits per heavy atom. The van der Waals surface area contributed by atoms with Crippen molar-refractivity contribution in [1.82, 2.24) is 14.4 Å². The summed E-state index contributed by atoms with van der Waals surface area (Å²) in [4.78, 5) is 11.3. The lowest BCUT2D eigenvalue weighted by Gasteiger charge is -2.27. The van der Waals surface area contributed by atoms with Crippen LogP contribution in [-0.2, 0) is 0 Å². The molecule has 0 amide bonds. The molecular formula is C11H13BrN4. The van der Waals surface area contributed by atoms with E-state index < -0.39 is 0 Å². The Morgan fingerprint density at radius 3 is 2.81 bits per heavy atom. The molecule has 0 aliphatic carbocycles. The highest BCUT2D eigenvalue weighted by Crippen LogP contribution is 2.23. The van der Waals surface area contributed by atoms with Gasteiger partial charge in [-0.05, 0) is 35.2 Å². The van der Waals surface area contributed by atoms with E-state index in [1.54, 1.807) is 0 Å². The molecule has 0 aromatic carbocycles. The van der Waals surface area contributed by atoms with Gasteiger partial charge in [0.05, 0.1) is 0 Å². The second-order valence-corrected chi connectivity index (χ2v) is 4.91. The first-order valence-electron chi connectivity index (χ1n) is 5.59. The molecule has 2 aromatic heterocycles. The third-order valence-corrected chi connectivity index (χ3v) is 3.36. The Labute approximate surface area is 102 Å². The lowest BCUT2D eigenvalue weighted by Crippen LogP contribution is -2.30. The smallest absolute Gasteiger partial charge is 0.180 e. The van der Waals surface area contributed by atoms with Gasteiger partial charge in [-0.25, -0.2) is 9.97 Å². The molecule has 1 fully saturated rings. The van der Waals surface area contributed by atoms with Gasteiger partial charge in [0.1, 0.15) is 4.60 Å². The molecule has 16 heavy (non-hydrogen) atoms. The van der Waals surface area contributed by atoms with E-state index in [2.05, 4.69) is 30.8 Å². The summed E-state index contributed by atoms with van der Waals surface area (Å²) in [5, 5.41) is 0. The Morgan fingerprint density at radius 1 is 1.19 bits per heavy atom. The van der Waals surface area contributed by atoms with Crippen LogP contribution >= 0.6 is 15.9 Å². The number of anilines is 1. The topological polar surface area (TPSA) is 33.4 Å². The largest absolute Gasteiger partial charge is 0.353 e. The van der Waals surface area contributed by atoms with Crippen molar-refractivity contribution >= 4 is 27.4 Å². The highest BCUT2D eigenvalue weighted by atomic mass is 79.9. The van der Waals surface area contributed by atoms with E-state index >= 15 is 0 Å². The zero-order chi connectivity index (χ0) is 11.0. The van der Waals surface area contributed by atoms with E-state index in [1.165, 1.54) is 19.3 Å². The molecule has 2 aromatic rings. The molecule has 1 aliphatic rings. The van der Waals surface area contributed by atoms with Crippen LogP contribution in [0.25, 0.3) is 5.65 Å². The summed E-state index contributed by atoms with van der Waals surface area (Å²) in [6, 6.07) is 0. The highest BCUT2D eigenvalue weighted by Gasteiger charge is 2.16. The molecule has 1 saturated heterocycles. The first-order chi connectivity index (χ1) is 7.84. The lowest BCUT2D eigenvalue weighted by atomic mass is 10.1. The molecule has 0 unspecified atom stereocenters. The molecule has 4 nitrogen and oxygen atoms in total. The van der Waals surface area contributed by atoms with Crippen molar-refractivity contribution in [3.05, 3.63) is 23.2 Å². The number of hydrogen-bond acceptors (Lipinski definition) is 3. The highest BCUT2D eigenvalue weighted by molar-refractivity contribution is 9.10. The van der Waals surface area contributed by atoms with Gasteiger partial charge in [0.2, 0.25) is 0 Å². The van der Waals surface area contributed by atoms with Crippen LogP contribution in [0.5, 0.6) is 0 Å². The Balaban J connectivity index is 2.09. The summed E-state index contributed by atoms with van der Waals surface area (Å²) < 4.78 is 2.87. The second kappa shape index (κ2) is 4.05. The van der Waals surface area contributed by atoms with Crippen LogP contribution in [-0.4, -0.2) is 27.5 Å². The van der Waals surface area contributed by atoms with Crippen LogP contribution in [0.4, 0.5) is 5.82 Å². The number of fused-ring (bicyclic) bond motifs is 1.